The zero-order valence-electron chi connectivity index (χ0n) is 14.6. The summed E-state index contributed by atoms with van der Waals surface area (Å²) in [6.07, 6.45) is 2.35. The second-order valence-electron chi connectivity index (χ2n) is 8.34. The van der Waals surface area contributed by atoms with Crippen LogP contribution in [0.3, 0.4) is 0 Å². The van der Waals surface area contributed by atoms with E-state index in [1.807, 2.05) is 0 Å². The molecule has 0 radical (unpaired) electrons. The smallest absolute Gasteiger partial charge is 0.223 e. The zero-order chi connectivity index (χ0) is 16.4. The van der Waals surface area contributed by atoms with Crippen molar-refractivity contribution in [1.82, 2.24) is 5.32 Å². The van der Waals surface area contributed by atoms with Crippen LogP contribution < -0.4 is 11.1 Å². The SMILES string of the molecule is CC1C(N)CCC(C(=O)NC(CCO)C(C)(C)C)C1(C)C. The van der Waals surface area contributed by atoms with E-state index in [-0.39, 0.29) is 41.3 Å². The molecule has 0 bridgehead atoms. The fourth-order valence-electron chi connectivity index (χ4n) is 3.44. The van der Waals surface area contributed by atoms with Gasteiger partial charge in [-0.1, -0.05) is 41.5 Å². The highest BCUT2D eigenvalue weighted by Crippen LogP contribution is 2.44. The summed E-state index contributed by atoms with van der Waals surface area (Å²) in [7, 11) is 0. The Hall–Kier alpha value is -0.610. The largest absolute Gasteiger partial charge is 0.396 e. The molecule has 1 rings (SSSR count). The molecule has 4 atom stereocenters. The van der Waals surface area contributed by atoms with Gasteiger partial charge in [-0.15, -0.1) is 0 Å². The summed E-state index contributed by atoms with van der Waals surface area (Å²) in [6, 6.07) is 0.177. The topological polar surface area (TPSA) is 75.4 Å². The fourth-order valence-corrected chi connectivity index (χ4v) is 3.44. The lowest BCUT2D eigenvalue weighted by Crippen LogP contribution is -2.54. The van der Waals surface area contributed by atoms with Gasteiger partial charge < -0.3 is 16.2 Å². The minimum Gasteiger partial charge on any atom is -0.396 e. The monoisotopic (exact) mass is 298 g/mol. The van der Waals surface area contributed by atoms with Crippen LogP contribution in [0.15, 0.2) is 0 Å². The molecule has 4 unspecified atom stereocenters. The summed E-state index contributed by atoms with van der Waals surface area (Å²) in [5.74, 6) is 0.441. The first-order valence-corrected chi connectivity index (χ1v) is 8.18. The number of carbonyl (C=O) groups excluding carboxylic acids is 1. The molecule has 0 spiro atoms. The van der Waals surface area contributed by atoms with Crippen LogP contribution >= 0.6 is 0 Å². The molecule has 1 aliphatic carbocycles. The van der Waals surface area contributed by atoms with Crippen molar-refractivity contribution in [3.8, 4) is 0 Å². The van der Waals surface area contributed by atoms with Crippen LogP contribution in [0, 0.1) is 22.7 Å². The molecular formula is C17H34N2O2. The normalized spacial score (nSPS) is 30.8. The summed E-state index contributed by atoms with van der Waals surface area (Å²) in [5.41, 5.74) is 6.02. The highest BCUT2D eigenvalue weighted by atomic mass is 16.3. The Morgan fingerprint density at radius 1 is 1.38 bits per heavy atom. The van der Waals surface area contributed by atoms with E-state index in [1.165, 1.54) is 0 Å². The molecule has 0 aromatic rings. The molecule has 0 aliphatic heterocycles. The van der Waals surface area contributed by atoms with Gasteiger partial charge in [-0.3, -0.25) is 4.79 Å². The number of aliphatic hydroxyl groups is 1. The van der Waals surface area contributed by atoms with Crippen LogP contribution in [0.4, 0.5) is 0 Å². The summed E-state index contributed by atoms with van der Waals surface area (Å²) in [5, 5.41) is 12.4. The quantitative estimate of drug-likeness (QED) is 0.745. The summed E-state index contributed by atoms with van der Waals surface area (Å²) < 4.78 is 0. The van der Waals surface area contributed by atoms with Gasteiger partial charge in [-0.05, 0) is 36.0 Å². The maximum Gasteiger partial charge on any atom is 0.223 e. The molecule has 4 heteroatoms. The summed E-state index contributed by atoms with van der Waals surface area (Å²) in [6.45, 7) is 12.8. The number of carbonyl (C=O) groups is 1. The van der Waals surface area contributed by atoms with E-state index in [0.717, 1.165) is 12.8 Å². The van der Waals surface area contributed by atoms with Crippen molar-refractivity contribution < 1.29 is 9.90 Å². The number of nitrogens with one attached hydrogen (secondary N) is 1. The Morgan fingerprint density at radius 3 is 2.43 bits per heavy atom. The van der Waals surface area contributed by atoms with Crippen molar-refractivity contribution in [2.75, 3.05) is 6.61 Å². The van der Waals surface area contributed by atoms with Crippen LogP contribution in [0.5, 0.6) is 0 Å². The molecule has 21 heavy (non-hydrogen) atoms. The van der Waals surface area contributed by atoms with E-state index in [2.05, 4.69) is 46.9 Å². The molecule has 4 nitrogen and oxygen atoms in total. The third-order valence-electron chi connectivity index (χ3n) is 5.60. The summed E-state index contributed by atoms with van der Waals surface area (Å²) in [4.78, 5) is 12.8. The molecule has 1 aliphatic rings. The predicted molar refractivity (Wildman–Crippen MR) is 86.7 cm³/mol. The van der Waals surface area contributed by atoms with Crippen molar-refractivity contribution in [2.24, 2.45) is 28.4 Å². The number of aliphatic hydroxyl groups excluding tert-OH is 1. The number of hydrogen-bond donors (Lipinski definition) is 3. The van der Waals surface area contributed by atoms with Gasteiger partial charge in [-0.25, -0.2) is 0 Å². The lowest BCUT2D eigenvalue weighted by atomic mass is 9.60. The number of amides is 1. The molecule has 0 saturated heterocycles. The highest BCUT2D eigenvalue weighted by Gasteiger charge is 2.45. The second kappa shape index (κ2) is 6.66. The van der Waals surface area contributed by atoms with Crippen molar-refractivity contribution in [3.63, 3.8) is 0 Å². The Labute approximate surface area is 129 Å². The van der Waals surface area contributed by atoms with Gasteiger partial charge in [0.25, 0.3) is 0 Å². The average molecular weight is 298 g/mol. The van der Waals surface area contributed by atoms with Gasteiger partial charge >= 0.3 is 0 Å². The molecule has 1 saturated carbocycles. The molecule has 1 fully saturated rings. The van der Waals surface area contributed by atoms with Crippen LogP contribution in [-0.2, 0) is 4.79 Å². The Kier molecular flexibility index (Phi) is 5.84. The molecule has 1 amide bonds. The second-order valence-corrected chi connectivity index (χ2v) is 8.34. The summed E-state index contributed by atoms with van der Waals surface area (Å²) >= 11 is 0. The van der Waals surface area contributed by atoms with Crippen LogP contribution in [0.1, 0.15) is 60.8 Å². The Balaban J connectivity index is 2.82. The number of nitrogens with two attached hydrogens (primary N) is 1. The van der Waals surface area contributed by atoms with Gasteiger partial charge in [0, 0.05) is 24.6 Å². The van der Waals surface area contributed by atoms with Crippen molar-refractivity contribution in [1.29, 1.82) is 0 Å². The first kappa shape index (κ1) is 18.4. The average Bonchev–Trinajstić information content (AvgIpc) is 2.34. The Bertz CT molecular complexity index is 360. The van der Waals surface area contributed by atoms with Gasteiger partial charge in [0.05, 0.1) is 0 Å². The van der Waals surface area contributed by atoms with E-state index in [1.54, 1.807) is 0 Å². The lowest BCUT2D eigenvalue weighted by molar-refractivity contribution is -0.134. The minimum atomic E-state index is -0.0939. The van der Waals surface area contributed by atoms with E-state index in [0.29, 0.717) is 12.3 Å². The standard InChI is InChI=1S/C17H34N2O2/c1-11-13(18)8-7-12(17(11,5)6)15(21)19-14(9-10-20)16(2,3)4/h11-14,20H,7-10,18H2,1-6H3,(H,19,21). The molecule has 0 aromatic heterocycles. The number of rotatable bonds is 4. The molecule has 0 heterocycles. The van der Waals surface area contributed by atoms with E-state index in [4.69, 9.17) is 5.73 Å². The maximum absolute atomic E-state index is 12.8. The van der Waals surface area contributed by atoms with Crippen molar-refractivity contribution in [3.05, 3.63) is 0 Å². The van der Waals surface area contributed by atoms with Crippen molar-refractivity contribution in [2.45, 2.75) is 72.9 Å². The molecular weight excluding hydrogens is 264 g/mol. The van der Waals surface area contributed by atoms with E-state index in [9.17, 15) is 9.90 Å². The fraction of sp³-hybridized carbons (Fsp3) is 0.941. The van der Waals surface area contributed by atoms with E-state index >= 15 is 0 Å². The maximum atomic E-state index is 12.8. The highest BCUT2D eigenvalue weighted by molar-refractivity contribution is 5.80. The molecule has 124 valence electrons. The Morgan fingerprint density at radius 2 is 1.95 bits per heavy atom. The third-order valence-corrected chi connectivity index (χ3v) is 5.60. The predicted octanol–water partition coefficient (Wildman–Crippen LogP) is 2.30. The molecule has 4 N–H and O–H groups in total. The zero-order valence-corrected chi connectivity index (χ0v) is 14.6. The third kappa shape index (κ3) is 4.19. The van der Waals surface area contributed by atoms with Crippen molar-refractivity contribution >= 4 is 5.91 Å². The van der Waals surface area contributed by atoms with Crippen LogP contribution in [0.25, 0.3) is 0 Å². The van der Waals surface area contributed by atoms with Gasteiger partial charge in [0.2, 0.25) is 5.91 Å². The first-order valence-electron chi connectivity index (χ1n) is 8.18. The van der Waals surface area contributed by atoms with Crippen LogP contribution in [0.2, 0.25) is 0 Å². The van der Waals surface area contributed by atoms with Crippen LogP contribution in [-0.4, -0.2) is 29.7 Å². The first-order chi connectivity index (χ1) is 9.51. The van der Waals surface area contributed by atoms with Gasteiger partial charge in [-0.2, -0.15) is 0 Å². The minimum absolute atomic E-state index is 0.00305. The lowest BCUT2D eigenvalue weighted by Gasteiger charge is -2.46. The molecule has 0 aromatic carbocycles. The van der Waals surface area contributed by atoms with E-state index < -0.39 is 0 Å². The van der Waals surface area contributed by atoms with Gasteiger partial charge in [0.1, 0.15) is 0 Å². The van der Waals surface area contributed by atoms with Gasteiger partial charge in [0.15, 0.2) is 0 Å². The number of hydrogen-bond acceptors (Lipinski definition) is 3.